The van der Waals surface area contributed by atoms with Crippen LogP contribution in [0.2, 0.25) is 5.02 Å². The van der Waals surface area contributed by atoms with Crippen LogP contribution in [0, 0.1) is 0 Å². The summed E-state index contributed by atoms with van der Waals surface area (Å²) in [7, 11) is -3.57. The molecule has 0 saturated heterocycles. The van der Waals surface area contributed by atoms with Crippen molar-refractivity contribution in [2.75, 3.05) is 18.9 Å². The molecular formula is C12H12BrClN2O3S2. The van der Waals surface area contributed by atoms with Crippen molar-refractivity contribution < 1.29 is 13.2 Å². The normalized spacial score (nSPS) is 11.5. The van der Waals surface area contributed by atoms with Gasteiger partial charge in [0.05, 0.1) is 8.81 Å². The first-order chi connectivity index (χ1) is 9.88. The molecule has 2 aromatic rings. The largest absolute Gasteiger partial charge is 0.492 e. The van der Waals surface area contributed by atoms with Gasteiger partial charge in [0.15, 0.2) is 0 Å². The predicted molar refractivity (Wildman–Crippen MR) is 88.6 cm³/mol. The van der Waals surface area contributed by atoms with E-state index in [1.165, 1.54) is 6.07 Å². The molecule has 0 fully saturated rings. The molecule has 1 aromatic heterocycles. The number of thiophene rings is 1. The molecular weight excluding hydrogens is 400 g/mol. The molecule has 1 aromatic carbocycles. The monoisotopic (exact) mass is 410 g/mol. The lowest BCUT2D eigenvalue weighted by Crippen LogP contribution is -2.27. The first-order valence-corrected chi connectivity index (χ1v) is 9.28. The van der Waals surface area contributed by atoms with E-state index in [-0.39, 0.29) is 17.4 Å². The third-order valence-electron chi connectivity index (χ3n) is 2.43. The molecule has 0 amide bonds. The standard InChI is InChI=1S/C12H12BrClN2O3S2/c13-12-10(14)7-11(20-12)21(17,18)16-5-6-19-9-3-1-8(15)2-4-9/h1-4,7,16H,5-6,15H2. The summed E-state index contributed by atoms with van der Waals surface area (Å²) in [6.07, 6.45) is 0. The molecule has 0 aliphatic rings. The zero-order chi connectivity index (χ0) is 15.5. The maximum Gasteiger partial charge on any atom is 0.250 e. The van der Waals surface area contributed by atoms with Gasteiger partial charge < -0.3 is 10.5 Å². The Morgan fingerprint density at radius 2 is 2.00 bits per heavy atom. The van der Waals surface area contributed by atoms with E-state index in [2.05, 4.69) is 20.7 Å². The van der Waals surface area contributed by atoms with Crippen LogP contribution < -0.4 is 15.2 Å². The third kappa shape index (κ3) is 4.58. The van der Waals surface area contributed by atoms with E-state index in [9.17, 15) is 8.42 Å². The van der Waals surface area contributed by atoms with Crippen molar-refractivity contribution in [1.29, 1.82) is 0 Å². The number of rotatable bonds is 6. The minimum absolute atomic E-state index is 0.153. The highest BCUT2D eigenvalue weighted by Crippen LogP contribution is 2.34. The lowest BCUT2D eigenvalue weighted by Gasteiger charge is -2.07. The van der Waals surface area contributed by atoms with Crippen LogP contribution in [-0.2, 0) is 10.0 Å². The number of ether oxygens (including phenoxy) is 1. The second-order valence-corrected chi connectivity index (χ2v) is 8.77. The van der Waals surface area contributed by atoms with Gasteiger partial charge in [-0.25, -0.2) is 13.1 Å². The van der Waals surface area contributed by atoms with Gasteiger partial charge in [0.25, 0.3) is 0 Å². The second kappa shape index (κ2) is 6.97. The van der Waals surface area contributed by atoms with E-state index >= 15 is 0 Å². The Morgan fingerprint density at radius 1 is 1.33 bits per heavy atom. The SMILES string of the molecule is Nc1ccc(OCCNS(=O)(=O)c2cc(Cl)c(Br)s2)cc1. The minimum Gasteiger partial charge on any atom is -0.492 e. The Morgan fingerprint density at radius 3 is 2.57 bits per heavy atom. The summed E-state index contributed by atoms with van der Waals surface area (Å²) in [6.45, 7) is 0.364. The van der Waals surface area contributed by atoms with Crippen molar-refractivity contribution in [2.45, 2.75) is 4.21 Å². The van der Waals surface area contributed by atoms with E-state index in [1.807, 2.05) is 0 Å². The van der Waals surface area contributed by atoms with Gasteiger partial charge in [0.2, 0.25) is 10.0 Å². The van der Waals surface area contributed by atoms with Crippen molar-refractivity contribution in [3.63, 3.8) is 0 Å². The molecule has 0 unspecified atom stereocenters. The van der Waals surface area contributed by atoms with Crippen molar-refractivity contribution in [3.8, 4) is 5.75 Å². The molecule has 2 rings (SSSR count). The van der Waals surface area contributed by atoms with Gasteiger partial charge in [-0.1, -0.05) is 11.6 Å². The molecule has 9 heteroatoms. The summed E-state index contributed by atoms with van der Waals surface area (Å²) in [5.41, 5.74) is 6.20. The zero-order valence-corrected chi connectivity index (χ0v) is 14.7. The van der Waals surface area contributed by atoms with Crippen LogP contribution in [0.5, 0.6) is 5.75 Å². The molecule has 3 N–H and O–H groups in total. The molecule has 5 nitrogen and oxygen atoms in total. The van der Waals surface area contributed by atoms with Gasteiger partial charge in [0.1, 0.15) is 16.6 Å². The summed E-state index contributed by atoms with van der Waals surface area (Å²) < 4.78 is 32.6. The average molecular weight is 412 g/mol. The number of halogens is 2. The summed E-state index contributed by atoms with van der Waals surface area (Å²) in [6, 6.07) is 8.27. The second-order valence-electron chi connectivity index (χ2n) is 4.00. The van der Waals surface area contributed by atoms with Crippen LogP contribution in [0.1, 0.15) is 0 Å². The molecule has 0 aliphatic heterocycles. The van der Waals surface area contributed by atoms with Crippen LogP contribution in [-0.4, -0.2) is 21.6 Å². The molecule has 0 radical (unpaired) electrons. The number of nitrogens with one attached hydrogen (secondary N) is 1. The molecule has 0 bridgehead atoms. The highest BCUT2D eigenvalue weighted by atomic mass is 79.9. The fraction of sp³-hybridized carbons (Fsp3) is 0.167. The zero-order valence-electron chi connectivity index (χ0n) is 10.7. The predicted octanol–water partition coefficient (Wildman–Crippen LogP) is 3.10. The summed E-state index contributed by atoms with van der Waals surface area (Å²) in [5.74, 6) is 0.630. The summed E-state index contributed by atoms with van der Waals surface area (Å²) in [5, 5.41) is 0.374. The number of benzene rings is 1. The Balaban J connectivity index is 1.86. The summed E-state index contributed by atoms with van der Waals surface area (Å²) >= 11 is 10.1. The van der Waals surface area contributed by atoms with Gasteiger partial charge in [0, 0.05) is 12.2 Å². The van der Waals surface area contributed by atoms with E-state index in [0.717, 1.165) is 11.3 Å². The van der Waals surface area contributed by atoms with E-state index in [4.69, 9.17) is 22.1 Å². The topological polar surface area (TPSA) is 81.4 Å². The molecule has 21 heavy (non-hydrogen) atoms. The van der Waals surface area contributed by atoms with Gasteiger partial charge in [-0.3, -0.25) is 0 Å². The number of nitrogens with two attached hydrogens (primary N) is 1. The lowest BCUT2D eigenvalue weighted by atomic mass is 10.3. The van der Waals surface area contributed by atoms with E-state index < -0.39 is 10.0 Å². The smallest absolute Gasteiger partial charge is 0.250 e. The van der Waals surface area contributed by atoms with Crippen molar-refractivity contribution in [1.82, 2.24) is 4.72 Å². The molecule has 0 aliphatic carbocycles. The molecule has 114 valence electrons. The highest BCUT2D eigenvalue weighted by Gasteiger charge is 2.18. The quantitative estimate of drug-likeness (QED) is 0.565. The van der Waals surface area contributed by atoms with Gasteiger partial charge in [-0.05, 0) is 46.3 Å². The first kappa shape index (κ1) is 16.6. The maximum atomic E-state index is 12.0. The fourth-order valence-corrected chi connectivity index (χ4v) is 4.90. The van der Waals surface area contributed by atoms with Crippen LogP contribution in [0.3, 0.4) is 0 Å². The minimum atomic E-state index is -3.57. The van der Waals surface area contributed by atoms with Crippen molar-refractivity contribution >= 4 is 54.6 Å². The Bertz CT molecular complexity index is 697. The van der Waals surface area contributed by atoms with Crippen LogP contribution >= 0.6 is 38.9 Å². The Kier molecular flexibility index (Phi) is 5.50. The lowest BCUT2D eigenvalue weighted by molar-refractivity contribution is 0.323. The Labute approximate surface area is 140 Å². The van der Waals surface area contributed by atoms with Gasteiger partial charge in [-0.2, -0.15) is 0 Å². The van der Waals surface area contributed by atoms with Crippen molar-refractivity contribution in [3.05, 3.63) is 39.1 Å². The highest BCUT2D eigenvalue weighted by molar-refractivity contribution is 9.11. The molecule has 1 heterocycles. The van der Waals surface area contributed by atoms with Gasteiger partial charge >= 0.3 is 0 Å². The van der Waals surface area contributed by atoms with Gasteiger partial charge in [-0.15, -0.1) is 11.3 Å². The molecule has 0 spiro atoms. The number of hydrogen-bond donors (Lipinski definition) is 2. The summed E-state index contributed by atoms with van der Waals surface area (Å²) in [4.78, 5) is 0. The van der Waals surface area contributed by atoms with Crippen molar-refractivity contribution in [2.24, 2.45) is 0 Å². The number of hydrogen-bond acceptors (Lipinski definition) is 5. The third-order valence-corrected chi connectivity index (χ3v) is 6.84. The maximum absolute atomic E-state index is 12.0. The molecule has 0 saturated carbocycles. The fourth-order valence-electron chi connectivity index (χ4n) is 1.44. The first-order valence-electron chi connectivity index (χ1n) is 5.81. The average Bonchev–Trinajstić information content (AvgIpc) is 2.78. The van der Waals surface area contributed by atoms with Crippen LogP contribution in [0.15, 0.2) is 38.3 Å². The molecule has 0 atom stereocenters. The van der Waals surface area contributed by atoms with E-state index in [0.29, 0.717) is 20.2 Å². The number of nitrogen functional groups attached to an aromatic ring is 1. The number of sulfonamides is 1. The number of anilines is 1. The van der Waals surface area contributed by atoms with Crippen LogP contribution in [0.4, 0.5) is 5.69 Å². The van der Waals surface area contributed by atoms with Crippen LogP contribution in [0.25, 0.3) is 0 Å². The Hall–Kier alpha value is -0.800. The van der Waals surface area contributed by atoms with E-state index in [1.54, 1.807) is 24.3 Å².